The minimum Gasteiger partial charge on any atom is -0.337 e. The highest BCUT2D eigenvalue weighted by Gasteiger charge is 2.14. The molecule has 2 rings (SSSR count). The lowest BCUT2D eigenvalue weighted by atomic mass is 10.1. The summed E-state index contributed by atoms with van der Waals surface area (Å²) >= 11 is 6.12. The maximum Gasteiger partial charge on any atom is 0.223 e. The van der Waals surface area contributed by atoms with E-state index >= 15 is 0 Å². The molecule has 0 radical (unpaired) electrons. The highest BCUT2D eigenvalue weighted by Crippen LogP contribution is 2.17. The molecule has 5 heteroatoms. The Morgan fingerprint density at radius 2 is 2.09 bits per heavy atom. The van der Waals surface area contributed by atoms with Gasteiger partial charge in [-0.05, 0) is 29.7 Å². The molecule has 1 amide bonds. The monoisotopic (exact) mass is 327 g/mol. The molecule has 118 valence electrons. The van der Waals surface area contributed by atoms with Gasteiger partial charge in [-0.25, -0.2) is 0 Å². The van der Waals surface area contributed by atoms with E-state index in [1.165, 1.54) is 0 Å². The molecule has 0 spiro atoms. The van der Waals surface area contributed by atoms with E-state index in [0.29, 0.717) is 37.4 Å². The molecule has 0 fully saturated rings. The average molecular weight is 328 g/mol. The van der Waals surface area contributed by atoms with Gasteiger partial charge in [-0.3, -0.25) is 9.78 Å². The molecular formula is C18H18ClN3O. The number of hydrogen-bond donors (Lipinski definition) is 0. The maximum atomic E-state index is 12.5. The zero-order valence-electron chi connectivity index (χ0n) is 12.8. The summed E-state index contributed by atoms with van der Waals surface area (Å²) in [6.45, 7) is 0.892. The Kier molecular flexibility index (Phi) is 6.58. The van der Waals surface area contributed by atoms with Gasteiger partial charge in [0.05, 0.1) is 12.5 Å². The van der Waals surface area contributed by atoms with Crippen LogP contribution >= 0.6 is 11.6 Å². The molecule has 0 saturated heterocycles. The van der Waals surface area contributed by atoms with Gasteiger partial charge in [-0.2, -0.15) is 5.26 Å². The van der Waals surface area contributed by atoms with Crippen molar-refractivity contribution in [2.75, 3.05) is 6.54 Å². The van der Waals surface area contributed by atoms with Crippen LogP contribution in [0.15, 0.2) is 48.8 Å². The molecular weight excluding hydrogens is 310 g/mol. The third kappa shape index (κ3) is 5.39. The van der Waals surface area contributed by atoms with E-state index in [-0.39, 0.29) is 5.91 Å². The van der Waals surface area contributed by atoms with Crippen LogP contribution in [0.4, 0.5) is 0 Å². The van der Waals surface area contributed by atoms with E-state index in [1.54, 1.807) is 17.3 Å². The second kappa shape index (κ2) is 8.92. The lowest BCUT2D eigenvalue weighted by Gasteiger charge is -2.21. The molecule has 0 bridgehead atoms. The number of carbonyl (C=O) groups is 1. The fraction of sp³-hybridized carbons (Fsp3) is 0.278. The van der Waals surface area contributed by atoms with Gasteiger partial charge in [0.25, 0.3) is 0 Å². The van der Waals surface area contributed by atoms with Gasteiger partial charge in [0.2, 0.25) is 5.91 Å². The van der Waals surface area contributed by atoms with Crippen LogP contribution in [0.2, 0.25) is 5.02 Å². The Bertz CT molecular complexity index is 682. The normalized spacial score (nSPS) is 10.1. The van der Waals surface area contributed by atoms with E-state index in [9.17, 15) is 4.79 Å². The predicted molar refractivity (Wildman–Crippen MR) is 89.7 cm³/mol. The summed E-state index contributed by atoms with van der Waals surface area (Å²) in [5.41, 5.74) is 1.92. The largest absolute Gasteiger partial charge is 0.337 e. The third-order valence-corrected chi connectivity index (χ3v) is 3.88. The number of amides is 1. The van der Waals surface area contributed by atoms with Crippen molar-refractivity contribution in [2.45, 2.75) is 25.8 Å². The number of nitriles is 1. The first-order valence-electron chi connectivity index (χ1n) is 7.47. The Balaban J connectivity index is 1.99. The predicted octanol–water partition coefficient (Wildman–Crippen LogP) is 3.61. The fourth-order valence-corrected chi connectivity index (χ4v) is 2.52. The zero-order chi connectivity index (χ0) is 16.5. The van der Waals surface area contributed by atoms with E-state index in [4.69, 9.17) is 16.9 Å². The summed E-state index contributed by atoms with van der Waals surface area (Å²) in [4.78, 5) is 18.3. The molecule has 0 unspecified atom stereocenters. The number of pyridine rings is 1. The minimum atomic E-state index is 0.0176. The van der Waals surface area contributed by atoms with Gasteiger partial charge >= 0.3 is 0 Å². The first-order valence-corrected chi connectivity index (χ1v) is 7.85. The second-order valence-corrected chi connectivity index (χ2v) is 5.58. The molecule has 0 aliphatic rings. The summed E-state index contributed by atoms with van der Waals surface area (Å²) in [6.07, 6.45) is 4.71. The summed E-state index contributed by atoms with van der Waals surface area (Å²) in [5, 5.41) is 9.47. The molecule has 2 aromatic rings. The number of carbonyl (C=O) groups excluding carboxylic acids is 1. The van der Waals surface area contributed by atoms with Crippen molar-refractivity contribution in [3.05, 3.63) is 64.9 Å². The smallest absolute Gasteiger partial charge is 0.223 e. The van der Waals surface area contributed by atoms with Crippen LogP contribution < -0.4 is 0 Å². The Morgan fingerprint density at radius 1 is 1.26 bits per heavy atom. The van der Waals surface area contributed by atoms with Crippen LogP contribution in [-0.2, 0) is 17.8 Å². The third-order valence-electron chi connectivity index (χ3n) is 3.51. The minimum absolute atomic E-state index is 0.0176. The van der Waals surface area contributed by atoms with Crippen molar-refractivity contribution in [3.63, 3.8) is 0 Å². The van der Waals surface area contributed by atoms with E-state index in [2.05, 4.69) is 11.1 Å². The fourth-order valence-electron chi connectivity index (χ4n) is 2.29. The molecule has 0 N–H and O–H groups in total. The lowest BCUT2D eigenvalue weighted by molar-refractivity contribution is -0.131. The van der Waals surface area contributed by atoms with Crippen LogP contribution in [0.5, 0.6) is 0 Å². The summed E-state index contributed by atoms with van der Waals surface area (Å²) < 4.78 is 0. The van der Waals surface area contributed by atoms with Gasteiger partial charge in [0.1, 0.15) is 0 Å². The number of benzene rings is 1. The lowest BCUT2D eigenvalue weighted by Crippen LogP contribution is -2.31. The van der Waals surface area contributed by atoms with Crippen molar-refractivity contribution >= 4 is 17.5 Å². The average Bonchev–Trinajstić information content (AvgIpc) is 2.58. The molecule has 0 aliphatic carbocycles. The zero-order valence-corrected chi connectivity index (χ0v) is 13.5. The van der Waals surface area contributed by atoms with Crippen LogP contribution in [0.1, 0.15) is 24.0 Å². The van der Waals surface area contributed by atoms with Crippen LogP contribution in [0.25, 0.3) is 0 Å². The summed E-state index contributed by atoms with van der Waals surface area (Å²) in [5.74, 6) is 0.0176. The number of rotatable bonds is 7. The van der Waals surface area contributed by atoms with Gasteiger partial charge < -0.3 is 4.90 Å². The van der Waals surface area contributed by atoms with Crippen LogP contribution in [-0.4, -0.2) is 22.3 Å². The number of halogens is 1. The quantitative estimate of drug-likeness (QED) is 0.780. The molecule has 1 heterocycles. The SMILES string of the molecule is N#CCCN(Cc1cccnc1)C(=O)CCc1ccccc1Cl. The molecule has 1 aromatic heterocycles. The van der Waals surface area contributed by atoms with E-state index in [0.717, 1.165) is 11.1 Å². The summed E-state index contributed by atoms with van der Waals surface area (Å²) in [7, 11) is 0. The first-order chi connectivity index (χ1) is 11.2. The van der Waals surface area contributed by atoms with Crippen LogP contribution in [0.3, 0.4) is 0 Å². The summed E-state index contributed by atoms with van der Waals surface area (Å²) in [6, 6.07) is 13.4. The number of nitrogens with zero attached hydrogens (tertiary/aromatic N) is 3. The van der Waals surface area contributed by atoms with Gasteiger partial charge in [0.15, 0.2) is 0 Å². The Hall–Kier alpha value is -2.38. The van der Waals surface area contributed by atoms with Crippen molar-refractivity contribution in [1.29, 1.82) is 5.26 Å². The molecule has 0 aliphatic heterocycles. The standard InChI is InChI=1S/C18H18ClN3O/c19-17-7-2-1-6-16(17)8-9-18(23)22(12-4-10-20)14-15-5-3-11-21-13-15/h1-3,5-7,11,13H,4,8-9,12,14H2. The van der Waals surface area contributed by atoms with Crippen molar-refractivity contribution < 1.29 is 4.79 Å². The Labute approximate surface area is 141 Å². The number of hydrogen-bond acceptors (Lipinski definition) is 3. The van der Waals surface area contributed by atoms with Gasteiger partial charge in [0, 0.05) is 36.9 Å². The van der Waals surface area contributed by atoms with E-state index in [1.807, 2.05) is 36.4 Å². The second-order valence-electron chi connectivity index (χ2n) is 5.18. The molecule has 0 atom stereocenters. The van der Waals surface area contributed by atoms with E-state index < -0.39 is 0 Å². The molecule has 0 saturated carbocycles. The maximum absolute atomic E-state index is 12.5. The van der Waals surface area contributed by atoms with Gasteiger partial charge in [-0.1, -0.05) is 35.9 Å². The van der Waals surface area contributed by atoms with Crippen LogP contribution in [0, 0.1) is 11.3 Å². The van der Waals surface area contributed by atoms with Crippen molar-refractivity contribution in [3.8, 4) is 6.07 Å². The Morgan fingerprint density at radius 3 is 2.78 bits per heavy atom. The highest BCUT2D eigenvalue weighted by molar-refractivity contribution is 6.31. The van der Waals surface area contributed by atoms with Gasteiger partial charge in [-0.15, -0.1) is 0 Å². The highest BCUT2D eigenvalue weighted by atomic mass is 35.5. The number of aryl methyl sites for hydroxylation is 1. The molecule has 4 nitrogen and oxygen atoms in total. The van der Waals surface area contributed by atoms with Crippen molar-refractivity contribution in [1.82, 2.24) is 9.88 Å². The number of aromatic nitrogens is 1. The molecule has 23 heavy (non-hydrogen) atoms. The topological polar surface area (TPSA) is 57.0 Å². The van der Waals surface area contributed by atoms with Crippen molar-refractivity contribution in [2.24, 2.45) is 0 Å². The molecule has 1 aromatic carbocycles. The first kappa shape index (κ1) is 17.0.